The molecule has 170 valence electrons. The maximum absolute atomic E-state index is 13.0. The second-order valence-electron chi connectivity index (χ2n) is 7.57. The normalized spacial score (nSPS) is 11.6. The van der Waals surface area contributed by atoms with Gasteiger partial charge in [0.15, 0.2) is 0 Å². The van der Waals surface area contributed by atoms with Crippen LogP contribution >= 0.6 is 11.3 Å². The lowest BCUT2D eigenvalue weighted by atomic mass is 10.1. The van der Waals surface area contributed by atoms with Gasteiger partial charge in [0.25, 0.3) is 5.56 Å². The van der Waals surface area contributed by atoms with Gasteiger partial charge in [-0.25, -0.2) is 18.5 Å². The molecule has 0 spiro atoms. The molecule has 33 heavy (non-hydrogen) atoms. The Kier molecular flexibility index (Phi) is 6.41. The summed E-state index contributed by atoms with van der Waals surface area (Å²) in [5.74, 6) is -0.310. The van der Waals surface area contributed by atoms with Crippen LogP contribution in [-0.4, -0.2) is 30.4 Å². The van der Waals surface area contributed by atoms with Crippen LogP contribution in [0.4, 0.5) is 0 Å². The number of carbonyl (C=O) groups is 1. The Morgan fingerprint density at radius 2 is 1.82 bits per heavy atom. The number of hydrogen-bond acceptors (Lipinski definition) is 6. The molecule has 2 heterocycles. The van der Waals surface area contributed by atoms with E-state index in [1.165, 1.54) is 34.4 Å². The molecule has 0 fully saturated rings. The number of thiophene rings is 1. The van der Waals surface area contributed by atoms with Gasteiger partial charge < -0.3 is 5.32 Å². The van der Waals surface area contributed by atoms with Crippen molar-refractivity contribution >= 4 is 37.5 Å². The van der Waals surface area contributed by atoms with Crippen LogP contribution in [0.3, 0.4) is 0 Å². The third kappa shape index (κ3) is 5.03. The van der Waals surface area contributed by atoms with Gasteiger partial charge in [-0.3, -0.25) is 14.2 Å². The van der Waals surface area contributed by atoms with Gasteiger partial charge in [-0.05, 0) is 42.2 Å². The minimum absolute atomic E-state index is 0.0386. The molecule has 0 saturated heterocycles. The van der Waals surface area contributed by atoms with Gasteiger partial charge in [0.2, 0.25) is 15.9 Å². The number of primary sulfonamides is 1. The van der Waals surface area contributed by atoms with Crippen LogP contribution in [-0.2, 0) is 27.8 Å². The lowest BCUT2D eigenvalue weighted by Gasteiger charge is -2.08. The molecule has 2 aromatic heterocycles. The number of aromatic nitrogens is 2. The topological polar surface area (TPSA) is 124 Å². The van der Waals surface area contributed by atoms with E-state index >= 15 is 0 Å². The summed E-state index contributed by atoms with van der Waals surface area (Å²) in [6.07, 6.45) is 1.91. The van der Waals surface area contributed by atoms with E-state index in [1.807, 2.05) is 37.3 Å². The Balaban J connectivity index is 1.43. The second-order valence-corrected chi connectivity index (χ2v) is 10.1. The molecule has 0 radical (unpaired) electrons. The molecule has 4 rings (SSSR count). The predicted molar refractivity (Wildman–Crippen MR) is 129 cm³/mol. The maximum Gasteiger partial charge on any atom is 0.262 e. The molecule has 0 aliphatic carbocycles. The number of sulfonamides is 1. The molecule has 4 aromatic rings. The molecule has 0 aliphatic heterocycles. The van der Waals surface area contributed by atoms with Crippen molar-refractivity contribution in [2.24, 2.45) is 5.14 Å². The molecule has 0 bridgehead atoms. The first-order valence-corrected chi connectivity index (χ1v) is 12.5. The summed E-state index contributed by atoms with van der Waals surface area (Å²) < 4.78 is 23.9. The van der Waals surface area contributed by atoms with Gasteiger partial charge in [0.1, 0.15) is 11.4 Å². The molecule has 1 amide bonds. The highest BCUT2D eigenvalue weighted by Gasteiger charge is 2.16. The zero-order chi connectivity index (χ0) is 23.6. The fourth-order valence-electron chi connectivity index (χ4n) is 3.54. The lowest BCUT2D eigenvalue weighted by molar-refractivity contribution is -0.121. The van der Waals surface area contributed by atoms with Crippen molar-refractivity contribution in [3.8, 4) is 10.4 Å². The van der Waals surface area contributed by atoms with Crippen molar-refractivity contribution in [2.45, 2.75) is 24.8 Å². The Bertz CT molecular complexity index is 1470. The highest BCUT2D eigenvalue weighted by atomic mass is 32.2. The van der Waals surface area contributed by atoms with Crippen molar-refractivity contribution in [1.29, 1.82) is 0 Å². The van der Waals surface area contributed by atoms with Gasteiger partial charge in [-0.15, -0.1) is 11.3 Å². The first-order chi connectivity index (χ1) is 15.7. The monoisotopic (exact) mass is 482 g/mol. The number of aryl methyl sites for hydroxylation is 1. The number of rotatable bonds is 7. The van der Waals surface area contributed by atoms with E-state index in [4.69, 9.17) is 5.14 Å². The summed E-state index contributed by atoms with van der Waals surface area (Å²) in [4.78, 5) is 31.5. The summed E-state index contributed by atoms with van der Waals surface area (Å²) >= 11 is 1.46. The van der Waals surface area contributed by atoms with Gasteiger partial charge >= 0.3 is 0 Å². The molecular weight excluding hydrogens is 460 g/mol. The summed E-state index contributed by atoms with van der Waals surface area (Å²) in [5.41, 5.74) is 2.49. The smallest absolute Gasteiger partial charge is 0.262 e. The molecule has 8 nitrogen and oxygen atoms in total. The minimum Gasteiger partial charge on any atom is -0.354 e. The average Bonchev–Trinajstić information content (AvgIpc) is 3.13. The predicted octanol–water partition coefficient (Wildman–Crippen LogP) is 2.44. The molecule has 0 unspecified atom stereocenters. The Morgan fingerprint density at radius 1 is 1.12 bits per heavy atom. The van der Waals surface area contributed by atoms with Gasteiger partial charge in [-0.1, -0.05) is 42.5 Å². The van der Waals surface area contributed by atoms with E-state index < -0.39 is 10.0 Å². The minimum atomic E-state index is -3.73. The van der Waals surface area contributed by atoms with Gasteiger partial charge in [-0.2, -0.15) is 0 Å². The van der Waals surface area contributed by atoms with Crippen molar-refractivity contribution < 1.29 is 13.2 Å². The van der Waals surface area contributed by atoms with Gasteiger partial charge in [0.05, 0.1) is 16.6 Å². The molecule has 2 aromatic carbocycles. The molecular formula is C23H22N4O4S2. The van der Waals surface area contributed by atoms with E-state index in [0.717, 1.165) is 21.6 Å². The fourth-order valence-corrected chi connectivity index (χ4v) is 5.20. The summed E-state index contributed by atoms with van der Waals surface area (Å²) in [5, 5.41) is 8.40. The number of amides is 1. The SMILES string of the molecule is Cc1c(-c2ccccc2)sc2ncn(CC(=O)NCCc3ccc(S(N)(=O)=O)cc3)c(=O)c12. The fraction of sp³-hybridized carbons (Fsp3) is 0.174. The standard InChI is InChI=1S/C23H22N4O4S2/c1-15-20-22(32-21(15)17-5-3-2-4-6-17)26-14-27(23(20)29)13-19(28)25-12-11-16-7-9-18(10-8-16)33(24,30)31/h2-10,14H,11-13H2,1H3,(H,25,28)(H2,24,30,31). The van der Waals surface area contributed by atoms with Crippen molar-refractivity contribution in [3.05, 3.63) is 82.4 Å². The first-order valence-electron chi connectivity index (χ1n) is 10.2. The number of fused-ring (bicyclic) bond motifs is 1. The quantitative estimate of drug-likeness (QED) is 0.419. The Hall–Kier alpha value is -3.34. The number of nitrogens with two attached hydrogens (primary N) is 1. The van der Waals surface area contributed by atoms with Crippen LogP contribution in [0.25, 0.3) is 20.7 Å². The number of nitrogens with zero attached hydrogens (tertiary/aromatic N) is 2. The number of benzene rings is 2. The summed E-state index contributed by atoms with van der Waals surface area (Å²) in [7, 11) is -3.73. The van der Waals surface area contributed by atoms with Crippen LogP contribution in [0.1, 0.15) is 11.1 Å². The number of carbonyl (C=O) groups excluding carboxylic acids is 1. The Morgan fingerprint density at radius 3 is 2.48 bits per heavy atom. The van der Waals surface area contributed by atoms with E-state index in [1.54, 1.807) is 12.1 Å². The van der Waals surface area contributed by atoms with Crippen LogP contribution in [0.2, 0.25) is 0 Å². The van der Waals surface area contributed by atoms with Crippen LogP contribution < -0.4 is 16.0 Å². The molecule has 10 heteroatoms. The highest BCUT2D eigenvalue weighted by molar-refractivity contribution is 7.89. The summed E-state index contributed by atoms with van der Waals surface area (Å²) in [6, 6.07) is 16.0. The third-order valence-corrected chi connectivity index (χ3v) is 7.43. The van der Waals surface area contributed by atoms with Crippen molar-refractivity contribution in [3.63, 3.8) is 0 Å². The Labute approximate surface area is 194 Å². The lowest BCUT2D eigenvalue weighted by Crippen LogP contribution is -2.33. The van der Waals surface area contributed by atoms with Crippen molar-refractivity contribution in [2.75, 3.05) is 6.54 Å². The molecule has 0 saturated carbocycles. The van der Waals surface area contributed by atoms with Crippen molar-refractivity contribution in [1.82, 2.24) is 14.9 Å². The molecule has 3 N–H and O–H groups in total. The van der Waals surface area contributed by atoms with Crippen LogP contribution in [0, 0.1) is 6.92 Å². The summed E-state index contributed by atoms with van der Waals surface area (Å²) in [6.45, 7) is 2.10. The first kappa shape index (κ1) is 22.8. The number of hydrogen-bond donors (Lipinski definition) is 2. The van der Waals surface area contributed by atoms with E-state index in [-0.39, 0.29) is 22.9 Å². The third-order valence-electron chi connectivity index (χ3n) is 5.25. The van der Waals surface area contributed by atoms with Gasteiger partial charge in [0, 0.05) is 11.4 Å². The second kappa shape index (κ2) is 9.26. The average molecular weight is 483 g/mol. The van der Waals surface area contributed by atoms with Crippen LogP contribution in [0.15, 0.2) is 70.6 Å². The zero-order valence-corrected chi connectivity index (χ0v) is 19.4. The van der Waals surface area contributed by atoms with E-state index in [9.17, 15) is 18.0 Å². The van der Waals surface area contributed by atoms with E-state index in [0.29, 0.717) is 23.2 Å². The number of nitrogens with one attached hydrogen (secondary N) is 1. The zero-order valence-electron chi connectivity index (χ0n) is 17.8. The molecule has 0 atom stereocenters. The molecule has 0 aliphatic rings. The maximum atomic E-state index is 13.0. The highest BCUT2D eigenvalue weighted by Crippen LogP contribution is 2.35. The van der Waals surface area contributed by atoms with E-state index in [2.05, 4.69) is 10.3 Å². The van der Waals surface area contributed by atoms with Crippen LogP contribution in [0.5, 0.6) is 0 Å². The largest absolute Gasteiger partial charge is 0.354 e.